The normalized spacial score (nSPS) is 20.2. The Morgan fingerprint density at radius 3 is 2.69 bits per heavy atom. The minimum Gasteiger partial charge on any atom is -0.327 e. The molecule has 1 aromatic heterocycles. The molecule has 2 heterocycles. The molecular formula is C21H24F3N3O2. The summed E-state index contributed by atoms with van der Waals surface area (Å²) in [6.07, 6.45) is 5.85. The predicted molar refractivity (Wildman–Crippen MR) is 105 cm³/mol. The molecule has 8 heteroatoms. The largest absolute Gasteiger partial charge is 0.416 e. The summed E-state index contributed by atoms with van der Waals surface area (Å²) in [7, 11) is 0. The van der Waals surface area contributed by atoms with Gasteiger partial charge in [-0.05, 0) is 31.2 Å². The lowest BCUT2D eigenvalue weighted by Crippen LogP contribution is -2.32. The van der Waals surface area contributed by atoms with Gasteiger partial charge in [0.2, 0.25) is 11.5 Å². The summed E-state index contributed by atoms with van der Waals surface area (Å²) in [5.41, 5.74) is 1.04. The average molecular weight is 407 g/mol. The molecule has 5 nitrogen and oxygen atoms in total. The SMILES string of the molecule is O=C(CCN1CC=C(CC2C=CC(C(F)(F)F)=CC2)CC1)Nc1ccc(=O)[nH]c1. The van der Waals surface area contributed by atoms with Crippen LogP contribution in [0, 0.1) is 5.92 Å². The van der Waals surface area contributed by atoms with E-state index >= 15 is 0 Å². The summed E-state index contributed by atoms with van der Waals surface area (Å²) < 4.78 is 38.0. The third kappa shape index (κ3) is 6.45. The van der Waals surface area contributed by atoms with E-state index in [9.17, 15) is 22.8 Å². The molecule has 1 unspecified atom stereocenters. The van der Waals surface area contributed by atoms with E-state index in [-0.39, 0.29) is 17.4 Å². The van der Waals surface area contributed by atoms with Crippen LogP contribution < -0.4 is 10.9 Å². The van der Waals surface area contributed by atoms with Crippen molar-refractivity contribution in [2.24, 2.45) is 5.92 Å². The molecule has 0 fully saturated rings. The van der Waals surface area contributed by atoms with E-state index in [1.54, 1.807) is 12.1 Å². The molecule has 2 aliphatic rings. The zero-order chi connectivity index (χ0) is 20.9. The number of H-pyrrole nitrogens is 1. The third-order valence-electron chi connectivity index (χ3n) is 5.15. The van der Waals surface area contributed by atoms with Gasteiger partial charge in [-0.1, -0.05) is 29.9 Å². The van der Waals surface area contributed by atoms with Gasteiger partial charge in [0.25, 0.3) is 0 Å². The minimum atomic E-state index is -4.27. The van der Waals surface area contributed by atoms with E-state index in [1.807, 2.05) is 0 Å². The molecule has 1 aliphatic heterocycles. The highest BCUT2D eigenvalue weighted by molar-refractivity contribution is 5.90. The molecule has 0 saturated carbocycles. The van der Waals surface area contributed by atoms with E-state index in [0.717, 1.165) is 25.9 Å². The van der Waals surface area contributed by atoms with E-state index in [2.05, 4.69) is 21.3 Å². The standard InChI is InChI=1S/C21H24F3N3O2/c22-21(23,24)17-3-1-15(2-4-17)13-16-7-10-27(11-8-16)12-9-20(29)26-18-5-6-19(28)25-14-18/h1,3-7,14-15H,2,8-13H2,(H,25,28)(H,26,29). The van der Waals surface area contributed by atoms with Crippen molar-refractivity contribution in [2.45, 2.75) is 31.9 Å². The number of anilines is 1. The van der Waals surface area contributed by atoms with Crippen molar-refractivity contribution in [2.75, 3.05) is 25.0 Å². The topological polar surface area (TPSA) is 65.2 Å². The summed E-state index contributed by atoms with van der Waals surface area (Å²) in [5, 5.41) is 2.74. The summed E-state index contributed by atoms with van der Waals surface area (Å²) >= 11 is 0. The van der Waals surface area contributed by atoms with Crippen LogP contribution >= 0.6 is 0 Å². The monoisotopic (exact) mass is 407 g/mol. The first kappa shape index (κ1) is 21.1. The maximum Gasteiger partial charge on any atom is 0.416 e. The zero-order valence-corrected chi connectivity index (χ0v) is 16.0. The van der Waals surface area contributed by atoms with E-state index in [4.69, 9.17) is 0 Å². The number of pyridine rings is 1. The number of allylic oxidation sites excluding steroid dienone is 4. The maximum absolute atomic E-state index is 12.7. The van der Waals surface area contributed by atoms with E-state index in [1.165, 1.54) is 30.0 Å². The van der Waals surface area contributed by atoms with Crippen LogP contribution in [0.15, 0.2) is 58.6 Å². The first-order valence-electron chi connectivity index (χ1n) is 9.64. The van der Waals surface area contributed by atoms with Crippen LogP contribution in [0.2, 0.25) is 0 Å². The Morgan fingerprint density at radius 2 is 2.10 bits per heavy atom. The van der Waals surface area contributed by atoms with Crippen molar-refractivity contribution >= 4 is 11.6 Å². The van der Waals surface area contributed by atoms with Crippen molar-refractivity contribution < 1.29 is 18.0 Å². The molecule has 2 N–H and O–H groups in total. The van der Waals surface area contributed by atoms with Crippen LogP contribution in [-0.2, 0) is 4.79 Å². The van der Waals surface area contributed by atoms with Crippen molar-refractivity contribution in [3.05, 3.63) is 64.1 Å². The second-order valence-corrected chi connectivity index (χ2v) is 7.37. The summed E-state index contributed by atoms with van der Waals surface area (Å²) in [5.74, 6) is -0.00610. The smallest absolute Gasteiger partial charge is 0.327 e. The number of carbonyl (C=O) groups is 1. The van der Waals surface area contributed by atoms with Gasteiger partial charge in [-0.3, -0.25) is 14.5 Å². The number of nitrogens with one attached hydrogen (secondary N) is 2. The summed E-state index contributed by atoms with van der Waals surface area (Å²) in [4.78, 5) is 27.7. The van der Waals surface area contributed by atoms with Gasteiger partial charge in [-0.15, -0.1) is 0 Å². The first-order valence-corrected chi connectivity index (χ1v) is 9.64. The fourth-order valence-corrected chi connectivity index (χ4v) is 3.48. The Bertz CT molecular complexity index is 863. The molecule has 0 aromatic carbocycles. The molecule has 0 radical (unpaired) electrons. The Balaban J connectivity index is 1.39. The number of rotatable bonds is 6. The van der Waals surface area contributed by atoms with Crippen molar-refractivity contribution in [3.63, 3.8) is 0 Å². The molecule has 0 spiro atoms. The molecule has 1 amide bonds. The fourth-order valence-electron chi connectivity index (χ4n) is 3.48. The van der Waals surface area contributed by atoms with Crippen LogP contribution in [0.1, 0.15) is 25.7 Å². The second kappa shape index (κ2) is 9.26. The molecule has 3 rings (SSSR count). The van der Waals surface area contributed by atoms with Gasteiger partial charge in [0.15, 0.2) is 0 Å². The predicted octanol–water partition coefficient (Wildman–Crippen LogP) is 3.79. The molecular weight excluding hydrogens is 383 g/mol. The van der Waals surface area contributed by atoms with Gasteiger partial charge < -0.3 is 10.3 Å². The molecule has 1 aliphatic carbocycles. The van der Waals surface area contributed by atoms with Gasteiger partial charge in [0.05, 0.1) is 11.3 Å². The average Bonchev–Trinajstić information content (AvgIpc) is 2.69. The van der Waals surface area contributed by atoms with Gasteiger partial charge in [0.1, 0.15) is 0 Å². The minimum absolute atomic E-state index is 0.113. The molecule has 29 heavy (non-hydrogen) atoms. The quantitative estimate of drug-likeness (QED) is 0.706. The number of aromatic amines is 1. The number of nitrogens with zero attached hydrogens (tertiary/aromatic N) is 1. The Labute approximate surface area is 167 Å². The van der Waals surface area contributed by atoms with Gasteiger partial charge in [-0.25, -0.2) is 0 Å². The Hall–Kier alpha value is -2.61. The lowest BCUT2D eigenvalue weighted by molar-refractivity contribution is -0.116. The Kier molecular flexibility index (Phi) is 6.74. The number of aromatic nitrogens is 1. The number of hydrogen-bond donors (Lipinski definition) is 2. The van der Waals surface area contributed by atoms with Crippen LogP contribution in [0.5, 0.6) is 0 Å². The molecule has 1 aromatic rings. The van der Waals surface area contributed by atoms with Crippen molar-refractivity contribution in [1.29, 1.82) is 0 Å². The fraction of sp³-hybridized carbons (Fsp3) is 0.429. The molecule has 156 valence electrons. The van der Waals surface area contributed by atoms with Crippen molar-refractivity contribution in [1.82, 2.24) is 9.88 Å². The molecule has 0 saturated heterocycles. The summed E-state index contributed by atoms with van der Waals surface area (Å²) in [6.45, 7) is 2.19. The highest BCUT2D eigenvalue weighted by atomic mass is 19.4. The van der Waals surface area contributed by atoms with Crippen LogP contribution in [0.3, 0.4) is 0 Å². The number of alkyl halides is 3. The van der Waals surface area contributed by atoms with Gasteiger partial charge in [-0.2, -0.15) is 13.2 Å². The second-order valence-electron chi connectivity index (χ2n) is 7.37. The van der Waals surface area contributed by atoms with E-state index < -0.39 is 11.7 Å². The van der Waals surface area contributed by atoms with Gasteiger partial charge >= 0.3 is 6.18 Å². The molecule has 0 bridgehead atoms. The van der Waals surface area contributed by atoms with Gasteiger partial charge in [0, 0.05) is 38.3 Å². The van der Waals surface area contributed by atoms with Crippen molar-refractivity contribution in [3.8, 4) is 0 Å². The van der Waals surface area contributed by atoms with E-state index in [0.29, 0.717) is 25.1 Å². The van der Waals surface area contributed by atoms with Crippen LogP contribution in [0.25, 0.3) is 0 Å². The van der Waals surface area contributed by atoms with Crippen LogP contribution in [0.4, 0.5) is 18.9 Å². The third-order valence-corrected chi connectivity index (χ3v) is 5.15. The number of halogens is 3. The highest BCUT2D eigenvalue weighted by Gasteiger charge is 2.33. The van der Waals surface area contributed by atoms with Crippen LogP contribution in [-0.4, -0.2) is 41.6 Å². The number of hydrogen-bond acceptors (Lipinski definition) is 3. The molecule has 1 atom stereocenters. The zero-order valence-electron chi connectivity index (χ0n) is 16.0. The Morgan fingerprint density at radius 1 is 1.28 bits per heavy atom. The summed E-state index contributed by atoms with van der Waals surface area (Å²) in [6, 6.07) is 2.91. The number of carbonyl (C=O) groups excluding carboxylic acids is 1. The lowest BCUT2D eigenvalue weighted by Gasteiger charge is -2.27. The lowest BCUT2D eigenvalue weighted by atomic mass is 9.88. The maximum atomic E-state index is 12.7. The first-order chi connectivity index (χ1) is 13.8. The number of amides is 1. The highest BCUT2D eigenvalue weighted by Crippen LogP contribution is 2.33.